The number of esters is 1. The van der Waals surface area contributed by atoms with Gasteiger partial charge in [-0.2, -0.15) is 5.11 Å². The first kappa shape index (κ1) is 21.6. The van der Waals surface area contributed by atoms with Crippen LogP contribution in [-0.4, -0.2) is 36.3 Å². The van der Waals surface area contributed by atoms with Crippen LogP contribution in [0.25, 0.3) is 11.3 Å². The first-order valence-corrected chi connectivity index (χ1v) is 11.2. The highest BCUT2D eigenvalue weighted by molar-refractivity contribution is 7.13. The van der Waals surface area contributed by atoms with E-state index in [0.29, 0.717) is 24.6 Å². The topological polar surface area (TPSA) is 73.1 Å². The molecule has 0 N–H and O–H groups in total. The van der Waals surface area contributed by atoms with E-state index in [-0.39, 0.29) is 24.0 Å². The van der Waals surface area contributed by atoms with E-state index in [1.54, 1.807) is 0 Å². The molecular weight excluding hydrogens is 386 g/mol. The summed E-state index contributed by atoms with van der Waals surface area (Å²) in [4.78, 5) is 16.6. The van der Waals surface area contributed by atoms with Crippen LogP contribution in [0.3, 0.4) is 0 Å². The molecule has 2 heterocycles. The minimum atomic E-state index is -0.144. The summed E-state index contributed by atoms with van der Waals surface area (Å²) in [5, 5.41) is 11.2. The van der Waals surface area contributed by atoms with Crippen LogP contribution in [0.4, 0.5) is 5.13 Å². The third kappa shape index (κ3) is 6.72. The summed E-state index contributed by atoms with van der Waals surface area (Å²) in [7, 11) is 0. The molecule has 0 bridgehead atoms. The number of aromatic nitrogens is 1. The second-order valence-corrected chi connectivity index (χ2v) is 8.29. The van der Waals surface area contributed by atoms with E-state index in [0.717, 1.165) is 24.3 Å². The number of carbonyl (C=O) groups excluding carboxylic acids is 1. The zero-order valence-electron chi connectivity index (χ0n) is 17.1. The summed E-state index contributed by atoms with van der Waals surface area (Å²) in [5.41, 5.74) is 1.97. The molecular formula is C22H29N3O3S. The summed E-state index contributed by atoms with van der Waals surface area (Å²) in [6.07, 6.45) is 4.59. The van der Waals surface area contributed by atoms with Gasteiger partial charge in [0.25, 0.3) is 0 Å². The van der Waals surface area contributed by atoms with Crippen LogP contribution in [0.1, 0.15) is 46.0 Å². The Morgan fingerprint density at radius 1 is 1.31 bits per heavy atom. The standard InChI is InChI=1S/C22H29N3O3S/c1-3-4-8-11-27-14-19-13-18(21(26)28-19)12-16(2)24-25-22-23-20(15-29-22)17-9-6-5-7-10-17/h5-7,9-10,15-16,18-19H,3-4,8,11-14H2,1-2H3. The number of rotatable bonds is 11. The van der Waals surface area contributed by atoms with Gasteiger partial charge in [-0.3, -0.25) is 4.79 Å². The molecule has 3 rings (SSSR count). The Balaban J connectivity index is 1.44. The predicted molar refractivity (Wildman–Crippen MR) is 114 cm³/mol. The fourth-order valence-corrected chi connectivity index (χ4v) is 4.00. The van der Waals surface area contributed by atoms with E-state index in [1.807, 2.05) is 42.6 Å². The average Bonchev–Trinajstić information content (AvgIpc) is 3.34. The zero-order chi connectivity index (χ0) is 20.5. The van der Waals surface area contributed by atoms with E-state index in [4.69, 9.17) is 9.47 Å². The number of ether oxygens (including phenoxy) is 2. The van der Waals surface area contributed by atoms with Crippen molar-refractivity contribution in [1.29, 1.82) is 0 Å². The lowest BCUT2D eigenvalue weighted by atomic mass is 9.98. The van der Waals surface area contributed by atoms with Crippen molar-refractivity contribution in [3.8, 4) is 11.3 Å². The zero-order valence-corrected chi connectivity index (χ0v) is 17.9. The molecule has 3 atom stereocenters. The Hall–Kier alpha value is -2.12. The third-order valence-corrected chi connectivity index (χ3v) is 5.61. The van der Waals surface area contributed by atoms with E-state index >= 15 is 0 Å². The van der Waals surface area contributed by atoms with Crippen LogP contribution in [-0.2, 0) is 14.3 Å². The van der Waals surface area contributed by atoms with Gasteiger partial charge in [0.2, 0.25) is 5.13 Å². The van der Waals surface area contributed by atoms with Crippen molar-refractivity contribution < 1.29 is 14.3 Å². The number of nitrogens with zero attached hydrogens (tertiary/aromatic N) is 3. The lowest BCUT2D eigenvalue weighted by Crippen LogP contribution is -2.15. The first-order valence-electron chi connectivity index (χ1n) is 10.4. The van der Waals surface area contributed by atoms with Crippen LogP contribution >= 0.6 is 11.3 Å². The minimum absolute atomic E-state index is 0.0687. The molecule has 0 spiro atoms. The number of thiazole rings is 1. The smallest absolute Gasteiger partial charge is 0.309 e. The van der Waals surface area contributed by atoms with E-state index in [9.17, 15) is 4.79 Å². The van der Waals surface area contributed by atoms with Crippen molar-refractivity contribution in [3.05, 3.63) is 35.7 Å². The van der Waals surface area contributed by atoms with Crippen molar-refractivity contribution >= 4 is 22.4 Å². The van der Waals surface area contributed by atoms with Crippen molar-refractivity contribution in [2.45, 2.75) is 58.1 Å². The lowest BCUT2D eigenvalue weighted by Gasteiger charge is -2.10. The molecule has 0 radical (unpaired) electrons. The summed E-state index contributed by atoms with van der Waals surface area (Å²) in [5.74, 6) is -0.279. The Morgan fingerprint density at radius 2 is 2.14 bits per heavy atom. The average molecular weight is 416 g/mol. The monoisotopic (exact) mass is 415 g/mol. The summed E-state index contributed by atoms with van der Waals surface area (Å²) in [6, 6.07) is 9.93. The van der Waals surface area contributed by atoms with Crippen molar-refractivity contribution in [2.24, 2.45) is 16.1 Å². The van der Waals surface area contributed by atoms with Crippen LogP contribution in [0.5, 0.6) is 0 Å². The third-order valence-electron chi connectivity index (χ3n) is 4.89. The summed E-state index contributed by atoms with van der Waals surface area (Å²) in [6.45, 7) is 5.36. The first-order chi connectivity index (χ1) is 14.2. The van der Waals surface area contributed by atoms with Gasteiger partial charge in [0.15, 0.2) is 0 Å². The van der Waals surface area contributed by atoms with Gasteiger partial charge in [0, 0.05) is 24.0 Å². The Morgan fingerprint density at radius 3 is 2.93 bits per heavy atom. The fourth-order valence-electron chi connectivity index (χ4n) is 3.34. The Kier molecular flexibility index (Phi) is 8.31. The van der Waals surface area contributed by atoms with Crippen LogP contribution in [0.2, 0.25) is 0 Å². The predicted octanol–water partition coefficient (Wildman–Crippen LogP) is 5.81. The Labute approximate surface area is 176 Å². The van der Waals surface area contributed by atoms with Crippen LogP contribution in [0.15, 0.2) is 45.9 Å². The number of carbonyl (C=O) groups is 1. The molecule has 1 fully saturated rings. The van der Waals surface area contributed by atoms with Gasteiger partial charge >= 0.3 is 5.97 Å². The molecule has 2 aromatic rings. The summed E-state index contributed by atoms with van der Waals surface area (Å²) < 4.78 is 11.1. The molecule has 0 aliphatic carbocycles. The van der Waals surface area contributed by atoms with Gasteiger partial charge in [-0.1, -0.05) is 50.1 Å². The van der Waals surface area contributed by atoms with E-state index in [1.165, 1.54) is 24.2 Å². The molecule has 1 aromatic carbocycles. The van der Waals surface area contributed by atoms with Gasteiger partial charge < -0.3 is 9.47 Å². The number of benzene rings is 1. The van der Waals surface area contributed by atoms with E-state index in [2.05, 4.69) is 22.1 Å². The molecule has 3 unspecified atom stereocenters. The molecule has 6 nitrogen and oxygen atoms in total. The van der Waals surface area contributed by atoms with E-state index < -0.39 is 0 Å². The van der Waals surface area contributed by atoms with Crippen molar-refractivity contribution in [3.63, 3.8) is 0 Å². The highest BCUT2D eigenvalue weighted by Crippen LogP contribution is 2.29. The fraction of sp³-hybridized carbons (Fsp3) is 0.545. The lowest BCUT2D eigenvalue weighted by molar-refractivity contribution is -0.146. The maximum Gasteiger partial charge on any atom is 0.309 e. The van der Waals surface area contributed by atoms with Gasteiger partial charge in [-0.25, -0.2) is 4.98 Å². The highest BCUT2D eigenvalue weighted by atomic mass is 32.1. The number of azo groups is 1. The number of hydrogen-bond donors (Lipinski definition) is 0. The largest absolute Gasteiger partial charge is 0.460 e. The molecule has 1 aliphatic rings. The second-order valence-electron chi connectivity index (χ2n) is 7.46. The maximum atomic E-state index is 12.1. The maximum absolute atomic E-state index is 12.1. The van der Waals surface area contributed by atoms with Gasteiger partial charge in [0.05, 0.1) is 24.3 Å². The molecule has 1 aliphatic heterocycles. The van der Waals surface area contributed by atoms with Gasteiger partial charge in [-0.05, 0) is 19.8 Å². The molecule has 1 aromatic heterocycles. The van der Waals surface area contributed by atoms with Crippen LogP contribution < -0.4 is 0 Å². The normalized spacial score (nSPS) is 20.3. The second kappa shape index (κ2) is 11.2. The quantitative estimate of drug-likeness (QED) is 0.264. The summed E-state index contributed by atoms with van der Waals surface area (Å²) >= 11 is 1.46. The number of unbranched alkanes of at least 4 members (excludes halogenated alkanes) is 2. The van der Waals surface area contributed by atoms with Gasteiger partial charge in [-0.15, -0.1) is 16.5 Å². The molecule has 156 valence electrons. The molecule has 29 heavy (non-hydrogen) atoms. The highest BCUT2D eigenvalue weighted by Gasteiger charge is 2.35. The SMILES string of the molecule is CCCCCOCC1CC(CC(C)N=Nc2nc(-c3ccccc3)cs2)C(=O)O1. The molecule has 7 heteroatoms. The molecule has 0 saturated carbocycles. The van der Waals surface area contributed by atoms with Crippen LogP contribution in [0, 0.1) is 5.92 Å². The van der Waals surface area contributed by atoms with Crippen molar-refractivity contribution in [2.75, 3.05) is 13.2 Å². The number of cyclic esters (lactones) is 1. The molecule has 0 amide bonds. The van der Waals surface area contributed by atoms with Crippen molar-refractivity contribution in [1.82, 2.24) is 4.98 Å². The molecule has 1 saturated heterocycles. The minimum Gasteiger partial charge on any atom is -0.460 e. The number of hydrogen-bond acceptors (Lipinski definition) is 7. The Bertz CT molecular complexity index is 794. The van der Waals surface area contributed by atoms with Gasteiger partial charge in [0.1, 0.15) is 6.10 Å².